The predicted molar refractivity (Wildman–Crippen MR) is 78.5 cm³/mol. The topological polar surface area (TPSA) is 54.9 Å². The smallest absolute Gasteiger partial charge is 0.253 e. The van der Waals surface area contributed by atoms with Gasteiger partial charge in [0.25, 0.3) is 5.91 Å². The van der Waals surface area contributed by atoms with Gasteiger partial charge < -0.3 is 5.32 Å². The van der Waals surface area contributed by atoms with Crippen LogP contribution < -0.4 is 5.32 Å². The van der Waals surface area contributed by atoms with Gasteiger partial charge in [-0.2, -0.15) is 10.2 Å². The third-order valence-corrected chi connectivity index (χ3v) is 5.11. The molecule has 0 atom stereocenters. The molecule has 104 valence electrons. The van der Waals surface area contributed by atoms with E-state index in [0.717, 1.165) is 17.6 Å². The summed E-state index contributed by atoms with van der Waals surface area (Å²) in [6.45, 7) is 4.40. The lowest BCUT2D eigenvalue weighted by Gasteiger charge is -2.26. The van der Waals surface area contributed by atoms with Crippen LogP contribution in [0, 0.1) is 19.3 Å². The second kappa shape index (κ2) is 5.99. The molecule has 5 heteroatoms. The molecule has 19 heavy (non-hydrogen) atoms. The Bertz CT molecular complexity index is 470. The highest BCUT2D eigenvalue weighted by atomic mass is 79.9. The first kappa shape index (κ1) is 14.4. The second-order valence-corrected chi connectivity index (χ2v) is 6.07. The van der Waals surface area contributed by atoms with Crippen LogP contribution in [0.2, 0.25) is 0 Å². The van der Waals surface area contributed by atoms with Crippen molar-refractivity contribution in [1.82, 2.24) is 15.5 Å². The second-order valence-electron chi connectivity index (χ2n) is 5.51. The molecule has 2 rings (SSSR count). The fourth-order valence-electron chi connectivity index (χ4n) is 2.63. The predicted octanol–water partition coefficient (Wildman–Crippen LogP) is 2.78. The molecule has 4 nitrogen and oxygen atoms in total. The van der Waals surface area contributed by atoms with E-state index < -0.39 is 0 Å². The van der Waals surface area contributed by atoms with E-state index in [1.807, 2.05) is 13.8 Å². The Kier molecular flexibility index (Phi) is 4.55. The van der Waals surface area contributed by atoms with Crippen LogP contribution in [0.15, 0.2) is 6.07 Å². The van der Waals surface area contributed by atoms with Gasteiger partial charge in [-0.1, -0.05) is 28.8 Å². The molecule has 0 bridgehead atoms. The summed E-state index contributed by atoms with van der Waals surface area (Å²) >= 11 is 3.59. The number of amides is 1. The average molecular weight is 326 g/mol. The molecule has 1 fully saturated rings. The first-order valence-corrected chi connectivity index (χ1v) is 7.84. The van der Waals surface area contributed by atoms with Crippen molar-refractivity contribution < 1.29 is 4.79 Å². The molecule has 0 spiro atoms. The Morgan fingerprint density at radius 2 is 2.05 bits per heavy atom. The Morgan fingerprint density at radius 3 is 2.68 bits per heavy atom. The van der Waals surface area contributed by atoms with Gasteiger partial charge in [0, 0.05) is 11.9 Å². The molecular weight excluding hydrogens is 306 g/mol. The van der Waals surface area contributed by atoms with Crippen molar-refractivity contribution in [3.63, 3.8) is 0 Å². The van der Waals surface area contributed by atoms with Crippen molar-refractivity contribution in [3.8, 4) is 0 Å². The first-order valence-electron chi connectivity index (χ1n) is 6.71. The zero-order valence-corrected chi connectivity index (χ0v) is 13.1. The SMILES string of the molecule is Cc1cc(C(=O)NCC2(CBr)CCCC2)c(C)nn1. The fraction of sp³-hybridized carbons (Fsp3) is 0.643. The number of aromatic nitrogens is 2. The van der Waals surface area contributed by atoms with Crippen LogP contribution in [0.5, 0.6) is 0 Å². The zero-order chi connectivity index (χ0) is 13.9. The lowest BCUT2D eigenvalue weighted by molar-refractivity contribution is 0.0934. The third-order valence-electron chi connectivity index (χ3n) is 3.92. The van der Waals surface area contributed by atoms with Gasteiger partial charge in [0.1, 0.15) is 0 Å². The van der Waals surface area contributed by atoms with E-state index in [4.69, 9.17) is 0 Å². The molecule has 1 saturated carbocycles. The van der Waals surface area contributed by atoms with E-state index in [1.165, 1.54) is 25.7 Å². The number of halogens is 1. The number of carbonyl (C=O) groups excluding carboxylic acids is 1. The minimum absolute atomic E-state index is 0.0391. The molecule has 0 radical (unpaired) electrons. The van der Waals surface area contributed by atoms with Crippen LogP contribution in [-0.4, -0.2) is 28.0 Å². The molecule has 0 aliphatic heterocycles. The maximum Gasteiger partial charge on any atom is 0.253 e. The summed E-state index contributed by atoms with van der Waals surface area (Å²) in [6, 6.07) is 1.80. The summed E-state index contributed by atoms with van der Waals surface area (Å²) in [5.41, 5.74) is 2.32. The van der Waals surface area contributed by atoms with Gasteiger partial charge in [-0.3, -0.25) is 4.79 Å². The highest BCUT2D eigenvalue weighted by molar-refractivity contribution is 9.09. The van der Waals surface area contributed by atoms with Crippen molar-refractivity contribution in [1.29, 1.82) is 0 Å². The number of hydrogen-bond donors (Lipinski definition) is 1. The lowest BCUT2D eigenvalue weighted by atomic mass is 9.89. The number of hydrogen-bond acceptors (Lipinski definition) is 3. The van der Waals surface area contributed by atoms with Gasteiger partial charge in [-0.15, -0.1) is 0 Å². The summed E-state index contributed by atoms with van der Waals surface area (Å²) in [5.74, 6) is -0.0391. The van der Waals surface area contributed by atoms with Crippen molar-refractivity contribution in [3.05, 3.63) is 23.0 Å². The zero-order valence-electron chi connectivity index (χ0n) is 11.5. The van der Waals surface area contributed by atoms with Crippen LogP contribution in [0.4, 0.5) is 0 Å². The van der Waals surface area contributed by atoms with E-state index in [1.54, 1.807) is 6.07 Å². The molecule has 1 aliphatic rings. The molecule has 1 aromatic rings. The molecule has 1 aliphatic carbocycles. The maximum absolute atomic E-state index is 12.2. The van der Waals surface area contributed by atoms with Crippen LogP contribution in [0.1, 0.15) is 47.4 Å². The molecule has 1 heterocycles. The van der Waals surface area contributed by atoms with Gasteiger partial charge in [0.05, 0.1) is 17.0 Å². The van der Waals surface area contributed by atoms with Crippen molar-refractivity contribution >= 4 is 21.8 Å². The van der Waals surface area contributed by atoms with E-state index in [2.05, 4.69) is 31.4 Å². The monoisotopic (exact) mass is 325 g/mol. The number of aryl methyl sites for hydroxylation is 2. The minimum atomic E-state index is -0.0391. The number of nitrogens with one attached hydrogen (secondary N) is 1. The number of rotatable bonds is 4. The fourth-order valence-corrected chi connectivity index (χ4v) is 3.38. The first-order chi connectivity index (χ1) is 9.06. The number of alkyl halides is 1. The summed E-state index contributed by atoms with van der Waals surface area (Å²) in [4.78, 5) is 12.2. The molecule has 1 amide bonds. The van der Waals surface area contributed by atoms with Crippen LogP contribution in [0.3, 0.4) is 0 Å². The van der Waals surface area contributed by atoms with Crippen LogP contribution in [-0.2, 0) is 0 Å². The van der Waals surface area contributed by atoms with Gasteiger partial charge in [-0.05, 0) is 38.2 Å². The number of carbonyl (C=O) groups is 1. The maximum atomic E-state index is 12.2. The van der Waals surface area contributed by atoms with Gasteiger partial charge >= 0.3 is 0 Å². The third kappa shape index (κ3) is 3.32. The lowest BCUT2D eigenvalue weighted by Crippen LogP contribution is -2.37. The van der Waals surface area contributed by atoms with Crippen LogP contribution in [0.25, 0.3) is 0 Å². The Morgan fingerprint density at radius 1 is 1.37 bits per heavy atom. The molecule has 0 saturated heterocycles. The van der Waals surface area contributed by atoms with Gasteiger partial charge in [0.2, 0.25) is 0 Å². The van der Waals surface area contributed by atoms with E-state index in [-0.39, 0.29) is 11.3 Å². The van der Waals surface area contributed by atoms with E-state index in [0.29, 0.717) is 11.3 Å². The van der Waals surface area contributed by atoms with Crippen molar-refractivity contribution in [2.45, 2.75) is 39.5 Å². The summed E-state index contributed by atoms with van der Waals surface area (Å²) in [7, 11) is 0. The molecule has 1 aromatic heterocycles. The molecule has 0 aromatic carbocycles. The summed E-state index contributed by atoms with van der Waals surface area (Å²) in [6.07, 6.45) is 4.89. The standard InChI is InChI=1S/C14H20BrN3O/c1-10-7-12(11(2)18-17-10)13(19)16-9-14(8-15)5-3-4-6-14/h7H,3-6,8-9H2,1-2H3,(H,16,19). The summed E-state index contributed by atoms with van der Waals surface area (Å²) < 4.78 is 0. The van der Waals surface area contributed by atoms with Gasteiger partial charge in [-0.25, -0.2) is 0 Å². The summed E-state index contributed by atoms with van der Waals surface area (Å²) in [5, 5.41) is 12.0. The highest BCUT2D eigenvalue weighted by Gasteiger charge is 2.33. The normalized spacial score (nSPS) is 17.4. The minimum Gasteiger partial charge on any atom is -0.351 e. The molecule has 0 unspecified atom stereocenters. The Hall–Kier alpha value is -0.970. The Balaban J connectivity index is 2.03. The quantitative estimate of drug-likeness (QED) is 0.866. The van der Waals surface area contributed by atoms with Crippen molar-refractivity contribution in [2.24, 2.45) is 5.41 Å². The number of nitrogens with zero attached hydrogens (tertiary/aromatic N) is 2. The Labute approximate surface area is 122 Å². The molecule has 1 N–H and O–H groups in total. The van der Waals surface area contributed by atoms with Crippen molar-refractivity contribution in [2.75, 3.05) is 11.9 Å². The average Bonchev–Trinajstić information content (AvgIpc) is 2.88. The largest absolute Gasteiger partial charge is 0.351 e. The van der Waals surface area contributed by atoms with E-state index >= 15 is 0 Å². The van der Waals surface area contributed by atoms with Gasteiger partial charge in [0.15, 0.2) is 0 Å². The molecular formula is C14H20BrN3O. The van der Waals surface area contributed by atoms with E-state index in [9.17, 15) is 4.79 Å². The van der Waals surface area contributed by atoms with Crippen LogP contribution >= 0.6 is 15.9 Å². The highest BCUT2D eigenvalue weighted by Crippen LogP contribution is 2.38.